The van der Waals surface area contributed by atoms with Gasteiger partial charge >= 0.3 is 0 Å². The van der Waals surface area contributed by atoms with Gasteiger partial charge in [0.25, 0.3) is 11.8 Å². The van der Waals surface area contributed by atoms with Crippen LogP contribution in [0.4, 0.5) is 4.39 Å². The molecule has 0 radical (unpaired) electrons. The lowest BCUT2D eigenvalue weighted by molar-refractivity contribution is -0.128. The third kappa shape index (κ3) is 5.56. The Hall–Kier alpha value is -4.38. The Morgan fingerprint density at radius 3 is 2.57 bits per heavy atom. The van der Waals surface area contributed by atoms with Crippen molar-refractivity contribution in [3.05, 3.63) is 83.9 Å². The minimum Gasteiger partial charge on any atom is -0.484 e. The Labute approximate surface area is 171 Å². The summed E-state index contributed by atoms with van der Waals surface area (Å²) in [4.78, 5) is 23.5. The SMILES string of the molecule is N#Cc1ccc(OCC(=O)NNC(=O)/C=C/c2ccc(-c3ccccc3F)o2)cc1. The summed E-state index contributed by atoms with van der Waals surface area (Å²) >= 11 is 0. The Balaban J connectivity index is 1.45. The number of carbonyl (C=O) groups excluding carboxylic acids is 2. The molecule has 0 bridgehead atoms. The van der Waals surface area contributed by atoms with Gasteiger partial charge < -0.3 is 9.15 Å². The average Bonchev–Trinajstić information content (AvgIpc) is 3.24. The van der Waals surface area contributed by atoms with Crippen LogP contribution in [0.25, 0.3) is 17.4 Å². The van der Waals surface area contributed by atoms with Crippen molar-refractivity contribution in [1.82, 2.24) is 10.9 Å². The molecular formula is C22H16FN3O4. The number of carbonyl (C=O) groups is 2. The first-order chi connectivity index (χ1) is 14.5. The summed E-state index contributed by atoms with van der Waals surface area (Å²) in [6, 6.07) is 17.6. The predicted molar refractivity (Wildman–Crippen MR) is 106 cm³/mol. The number of nitrogens with one attached hydrogen (secondary N) is 2. The first-order valence-corrected chi connectivity index (χ1v) is 8.80. The van der Waals surface area contributed by atoms with E-state index in [0.717, 1.165) is 6.08 Å². The number of hydrogen-bond acceptors (Lipinski definition) is 5. The first-order valence-electron chi connectivity index (χ1n) is 8.80. The van der Waals surface area contributed by atoms with Gasteiger partial charge in [0.1, 0.15) is 23.1 Å². The molecule has 3 rings (SSSR count). The second-order valence-electron chi connectivity index (χ2n) is 5.98. The molecule has 3 aromatic rings. The van der Waals surface area contributed by atoms with E-state index in [1.165, 1.54) is 12.1 Å². The van der Waals surface area contributed by atoms with Gasteiger partial charge in [-0.2, -0.15) is 5.26 Å². The van der Waals surface area contributed by atoms with E-state index in [4.69, 9.17) is 14.4 Å². The van der Waals surface area contributed by atoms with E-state index in [-0.39, 0.29) is 6.61 Å². The lowest BCUT2D eigenvalue weighted by atomic mass is 10.1. The van der Waals surface area contributed by atoms with Crippen molar-refractivity contribution in [2.75, 3.05) is 6.61 Å². The quantitative estimate of drug-likeness (QED) is 0.484. The van der Waals surface area contributed by atoms with E-state index in [1.54, 1.807) is 54.6 Å². The maximum atomic E-state index is 13.8. The monoisotopic (exact) mass is 405 g/mol. The van der Waals surface area contributed by atoms with Crippen LogP contribution in [0.5, 0.6) is 5.75 Å². The molecule has 0 aliphatic carbocycles. The number of nitrogens with zero attached hydrogens (tertiary/aromatic N) is 1. The number of benzene rings is 2. The van der Waals surface area contributed by atoms with Gasteiger partial charge in [-0.05, 0) is 54.6 Å². The first kappa shape index (κ1) is 20.4. The van der Waals surface area contributed by atoms with Gasteiger partial charge in [-0.25, -0.2) is 4.39 Å². The smallest absolute Gasteiger partial charge is 0.276 e. The molecule has 0 atom stereocenters. The highest BCUT2D eigenvalue weighted by Crippen LogP contribution is 2.25. The molecule has 2 N–H and O–H groups in total. The van der Waals surface area contributed by atoms with Gasteiger partial charge in [0.15, 0.2) is 6.61 Å². The summed E-state index contributed by atoms with van der Waals surface area (Å²) in [5.41, 5.74) is 5.20. The molecule has 150 valence electrons. The van der Waals surface area contributed by atoms with Gasteiger partial charge in [-0.15, -0.1) is 0 Å². The van der Waals surface area contributed by atoms with Crippen LogP contribution in [0.1, 0.15) is 11.3 Å². The van der Waals surface area contributed by atoms with E-state index < -0.39 is 17.6 Å². The summed E-state index contributed by atoms with van der Waals surface area (Å²) < 4.78 is 24.5. The number of ether oxygens (including phenoxy) is 1. The molecule has 8 heteroatoms. The molecule has 2 aromatic carbocycles. The second kappa shape index (κ2) is 9.71. The summed E-state index contributed by atoms with van der Waals surface area (Å²) in [5, 5.41) is 8.73. The number of nitriles is 1. The van der Waals surface area contributed by atoms with Crippen LogP contribution in [0, 0.1) is 17.1 Å². The van der Waals surface area contributed by atoms with Crippen molar-refractivity contribution >= 4 is 17.9 Å². The van der Waals surface area contributed by atoms with E-state index in [2.05, 4.69) is 10.9 Å². The van der Waals surface area contributed by atoms with Crippen molar-refractivity contribution < 1.29 is 23.1 Å². The zero-order valence-electron chi connectivity index (χ0n) is 15.6. The maximum Gasteiger partial charge on any atom is 0.276 e. The summed E-state index contributed by atoms with van der Waals surface area (Å²) in [6.45, 7) is -0.319. The van der Waals surface area contributed by atoms with Crippen LogP contribution in [-0.2, 0) is 9.59 Å². The van der Waals surface area contributed by atoms with E-state index in [9.17, 15) is 14.0 Å². The topological polar surface area (TPSA) is 104 Å². The molecule has 0 spiro atoms. The third-order valence-electron chi connectivity index (χ3n) is 3.84. The molecule has 1 heterocycles. The lowest BCUT2D eigenvalue weighted by Gasteiger charge is -2.07. The van der Waals surface area contributed by atoms with E-state index in [0.29, 0.717) is 28.4 Å². The van der Waals surface area contributed by atoms with Crippen LogP contribution in [0.15, 0.2) is 71.2 Å². The van der Waals surface area contributed by atoms with Crippen molar-refractivity contribution in [3.8, 4) is 23.1 Å². The average molecular weight is 405 g/mol. The molecule has 7 nitrogen and oxygen atoms in total. The normalized spacial score (nSPS) is 10.4. The fourth-order valence-electron chi connectivity index (χ4n) is 2.39. The van der Waals surface area contributed by atoms with Crippen molar-refractivity contribution in [2.45, 2.75) is 0 Å². The molecule has 2 amide bonds. The minimum atomic E-state index is -0.592. The van der Waals surface area contributed by atoms with Gasteiger partial charge in [-0.1, -0.05) is 12.1 Å². The highest BCUT2D eigenvalue weighted by molar-refractivity contribution is 5.93. The lowest BCUT2D eigenvalue weighted by Crippen LogP contribution is -2.43. The molecule has 1 aromatic heterocycles. The molecule has 0 unspecified atom stereocenters. The van der Waals surface area contributed by atoms with Crippen LogP contribution in [-0.4, -0.2) is 18.4 Å². The summed E-state index contributed by atoms with van der Waals surface area (Å²) in [5.74, 6) is -0.475. The highest BCUT2D eigenvalue weighted by atomic mass is 19.1. The van der Waals surface area contributed by atoms with Gasteiger partial charge in [-0.3, -0.25) is 20.4 Å². The summed E-state index contributed by atoms with van der Waals surface area (Å²) in [6.07, 6.45) is 2.55. The number of halogens is 1. The zero-order valence-corrected chi connectivity index (χ0v) is 15.6. The number of hydrazine groups is 1. The van der Waals surface area contributed by atoms with Crippen LogP contribution in [0.3, 0.4) is 0 Å². The molecule has 0 aliphatic rings. The Bertz CT molecular complexity index is 1110. The Morgan fingerprint density at radius 2 is 1.83 bits per heavy atom. The van der Waals surface area contributed by atoms with Gasteiger partial charge in [0.2, 0.25) is 0 Å². The third-order valence-corrected chi connectivity index (χ3v) is 3.84. The Kier molecular flexibility index (Phi) is 6.59. The standard InChI is InChI=1S/C22H16FN3O4/c23-19-4-2-1-3-18(19)20-11-9-17(30-20)10-12-21(27)25-26-22(28)14-29-16-7-5-15(13-24)6-8-16/h1-12H,14H2,(H,25,27)(H,26,28)/b12-10+. The minimum absolute atomic E-state index is 0.316. The second-order valence-corrected chi connectivity index (χ2v) is 5.98. The van der Waals surface area contributed by atoms with E-state index in [1.807, 2.05) is 6.07 Å². The van der Waals surface area contributed by atoms with Crippen LogP contribution >= 0.6 is 0 Å². The maximum absolute atomic E-state index is 13.8. The molecule has 0 saturated carbocycles. The van der Waals surface area contributed by atoms with E-state index >= 15 is 0 Å². The highest BCUT2D eigenvalue weighted by Gasteiger charge is 2.08. The number of hydrogen-bond donors (Lipinski definition) is 2. The number of rotatable bonds is 6. The van der Waals surface area contributed by atoms with Gasteiger partial charge in [0.05, 0.1) is 17.2 Å². The Morgan fingerprint density at radius 1 is 1.07 bits per heavy atom. The zero-order chi connectivity index (χ0) is 21.3. The fraction of sp³-hybridized carbons (Fsp3) is 0.0455. The number of amides is 2. The van der Waals surface area contributed by atoms with Crippen LogP contribution in [0.2, 0.25) is 0 Å². The van der Waals surface area contributed by atoms with Crippen molar-refractivity contribution in [2.24, 2.45) is 0 Å². The molecule has 30 heavy (non-hydrogen) atoms. The molecule has 0 aliphatic heterocycles. The molecule has 0 fully saturated rings. The fourth-order valence-corrected chi connectivity index (χ4v) is 2.39. The largest absolute Gasteiger partial charge is 0.484 e. The predicted octanol–water partition coefficient (Wildman–Crippen LogP) is 3.20. The van der Waals surface area contributed by atoms with Crippen molar-refractivity contribution in [3.63, 3.8) is 0 Å². The van der Waals surface area contributed by atoms with Gasteiger partial charge in [0, 0.05) is 6.08 Å². The summed E-state index contributed by atoms with van der Waals surface area (Å²) in [7, 11) is 0. The van der Waals surface area contributed by atoms with Crippen molar-refractivity contribution in [1.29, 1.82) is 5.26 Å². The number of furan rings is 1. The van der Waals surface area contributed by atoms with Crippen LogP contribution < -0.4 is 15.6 Å². The molecule has 0 saturated heterocycles. The molecular weight excluding hydrogens is 389 g/mol.